The van der Waals surface area contributed by atoms with Crippen molar-refractivity contribution in [1.29, 1.82) is 0 Å². The van der Waals surface area contributed by atoms with E-state index in [1.165, 1.54) is 11.3 Å². The molecule has 1 saturated heterocycles. The second kappa shape index (κ2) is 9.41. The molecule has 0 saturated carbocycles. The Morgan fingerprint density at radius 2 is 1.72 bits per heavy atom. The van der Waals surface area contributed by atoms with Crippen LogP contribution in [-0.2, 0) is 4.79 Å². The van der Waals surface area contributed by atoms with Crippen LogP contribution in [0.5, 0.6) is 0 Å². The van der Waals surface area contributed by atoms with Crippen LogP contribution in [0.3, 0.4) is 0 Å². The van der Waals surface area contributed by atoms with Gasteiger partial charge < -0.3 is 15.1 Å². The zero-order chi connectivity index (χ0) is 21.0. The van der Waals surface area contributed by atoms with Crippen molar-refractivity contribution in [2.45, 2.75) is 32.7 Å². The van der Waals surface area contributed by atoms with Gasteiger partial charge in [0.05, 0.1) is 0 Å². The molecule has 1 fully saturated rings. The Kier molecular flexibility index (Phi) is 6.92. The highest BCUT2D eigenvalue weighted by Gasteiger charge is 2.24. The van der Waals surface area contributed by atoms with Crippen molar-refractivity contribution < 1.29 is 9.59 Å². The van der Waals surface area contributed by atoms with E-state index in [1.54, 1.807) is 11.8 Å². The number of anilines is 2. The SMILES string of the molecule is CC(C)c1nnc(NC(=O)[C@@H](C)NC(=O)N2CCN(c3ccc(Cl)cc3)CC2)s1. The monoisotopic (exact) mass is 436 g/mol. The van der Waals surface area contributed by atoms with Crippen LogP contribution in [0.2, 0.25) is 5.02 Å². The molecule has 2 aromatic rings. The van der Waals surface area contributed by atoms with Crippen molar-refractivity contribution in [3.8, 4) is 0 Å². The topological polar surface area (TPSA) is 90.5 Å². The molecule has 0 radical (unpaired) electrons. The molecule has 29 heavy (non-hydrogen) atoms. The Hall–Kier alpha value is -2.39. The number of urea groups is 1. The molecule has 1 aliphatic rings. The summed E-state index contributed by atoms with van der Waals surface area (Å²) in [6, 6.07) is 6.74. The molecule has 2 N–H and O–H groups in total. The second-order valence-corrected chi connectivity index (χ2v) is 8.66. The number of benzene rings is 1. The van der Waals surface area contributed by atoms with Gasteiger partial charge >= 0.3 is 6.03 Å². The lowest BCUT2D eigenvalue weighted by Gasteiger charge is -2.36. The predicted octanol–water partition coefficient (Wildman–Crippen LogP) is 3.17. The molecule has 1 atom stereocenters. The molecule has 1 aromatic carbocycles. The number of nitrogens with zero attached hydrogens (tertiary/aromatic N) is 4. The molecular weight excluding hydrogens is 412 g/mol. The summed E-state index contributed by atoms with van der Waals surface area (Å²) in [4.78, 5) is 28.8. The molecule has 0 unspecified atom stereocenters. The number of hydrogen-bond donors (Lipinski definition) is 2. The molecule has 3 rings (SSSR count). The molecule has 0 bridgehead atoms. The largest absolute Gasteiger partial charge is 0.368 e. The van der Waals surface area contributed by atoms with E-state index in [9.17, 15) is 9.59 Å². The second-order valence-electron chi connectivity index (χ2n) is 7.21. The van der Waals surface area contributed by atoms with Crippen molar-refractivity contribution in [2.75, 3.05) is 36.4 Å². The number of carbonyl (C=O) groups excluding carboxylic acids is 2. The van der Waals surface area contributed by atoms with Gasteiger partial charge in [0, 0.05) is 42.8 Å². The highest BCUT2D eigenvalue weighted by molar-refractivity contribution is 7.15. The van der Waals surface area contributed by atoms with Crippen molar-refractivity contribution in [3.05, 3.63) is 34.3 Å². The zero-order valence-corrected chi connectivity index (χ0v) is 18.3. The van der Waals surface area contributed by atoms with E-state index in [4.69, 9.17) is 11.6 Å². The number of piperazine rings is 1. The molecule has 10 heteroatoms. The maximum Gasteiger partial charge on any atom is 0.318 e. The Bertz CT molecular complexity index is 849. The van der Waals surface area contributed by atoms with Crippen molar-refractivity contribution in [2.24, 2.45) is 0 Å². The summed E-state index contributed by atoms with van der Waals surface area (Å²) in [6.07, 6.45) is 0. The maximum absolute atomic E-state index is 12.5. The van der Waals surface area contributed by atoms with Gasteiger partial charge in [0.1, 0.15) is 11.0 Å². The lowest BCUT2D eigenvalue weighted by atomic mass is 10.2. The van der Waals surface area contributed by atoms with Crippen LogP contribution in [0.1, 0.15) is 31.7 Å². The smallest absolute Gasteiger partial charge is 0.318 e. The van der Waals surface area contributed by atoms with Crippen LogP contribution in [-0.4, -0.2) is 59.3 Å². The van der Waals surface area contributed by atoms with Gasteiger partial charge in [-0.1, -0.05) is 36.8 Å². The minimum absolute atomic E-state index is 0.247. The summed E-state index contributed by atoms with van der Waals surface area (Å²) in [5.74, 6) is -0.0635. The van der Waals surface area contributed by atoms with E-state index in [1.807, 2.05) is 38.1 Å². The first kappa shape index (κ1) is 21.3. The minimum Gasteiger partial charge on any atom is -0.368 e. The normalized spacial score (nSPS) is 15.3. The average Bonchev–Trinajstić information content (AvgIpc) is 3.17. The number of amides is 3. The third-order valence-electron chi connectivity index (χ3n) is 4.66. The summed E-state index contributed by atoms with van der Waals surface area (Å²) >= 11 is 7.28. The summed E-state index contributed by atoms with van der Waals surface area (Å²) in [7, 11) is 0. The van der Waals surface area contributed by atoms with Crippen LogP contribution in [0.15, 0.2) is 24.3 Å². The van der Waals surface area contributed by atoms with Crippen LogP contribution >= 0.6 is 22.9 Å². The fourth-order valence-corrected chi connectivity index (χ4v) is 3.77. The standard InChI is InChI=1S/C19H25ClN6O2S/c1-12(2)17-23-24-18(29-17)22-16(27)13(3)21-19(28)26-10-8-25(9-11-26)15-6-4-14(20)5-7-15/h4-7,12-13H,8-11H2,1-3H3,(H,21,28)(H,22,24,27)/t13-/m1/s1. The van der Waals surface area contributed by atoms with Gasteiger partial charge in [-0.15, -0.1) is 10.2 Å². The van der Waals surface area contributed by atoms with Crippen molar-refractivity contribution >= 4 is 45.7 Å². The van der Waals surface area contributed by atoms with Crippen LogP contribution < -0.4 is 15.5 Å². The van der Waals surface area contributed by atoms with Crippen molar-refractivity contribution in [3.63, 3.8) is 0 Å². The van der Waals surface area contributed by atoms with Gasteiger partial charge in [0.15, 0.2) is 0 Å². The quantitative estimate of drug-likeness (QED) is 0.751. The zero-order valence-electron chi connectivity index (χ0n) is 16.7. The lowest BCUT2D eigenvalue weighted by Crippen LogP contribution is -2.54. The first-order valence-electron chi connectivity index (χ1n) is 9.53. The Morgan fingerprint density at radius 1 is 1.07 bits per heavy atom. The highest BCUT2D eigenvalue weighted by Crippen LogP contribution is 2.22. The minimum atomic E-state index is -0.678. The number of rotatable bonds is 5. The average molecular weight is 437 g/mol. The van der Waals surface area contributed by atoms with E-state index >= 15 is 0 Å². The number of carbonyl (C=O) groups is 2. The Balaban J connectivity index is 1.47. The van der Waals surface area contributed by atoms with Crippen molar-refractivity contribution in [1.82, 2.24) is 20.4 Å². The molecule has 8 nitrogen and oxygen atoms in total. The Labute approximate surface area is 179 Å². The number of nitrogens with one attached hydrogen (secondary N) is 2. The summed E-state index contributed by atoms with van der Waals surface area (Å²) in [6.45, 7) is 8.29. The molecule has 0 spiro atoms. The first-order chi connectivity index (χ1) is 13.8. The van der Waals surface area contributed by atoms with E-state index < -0.39 is 6.04 Å². The molecule has 2 heterocycles. The van der Waals surface area contributed by atoms with E-state index in [-0.39, 0.29) is 17.9 Å². The third-order valence-corrected chi connectivity index (χ3v) is 6.05. The third kappa shape index (κ3) is 5.57. The van der Waals surface area contributed by atoms with Gasteiger partial charge in [0.2, 0.25) is 11.0 Å². The van der Waals surface area contributed by atoms with Gasteiger partial charge in [0.25, 0.3) is 0 Å². The van der Waals surface area contributed by atoms with Gasteiger partial charge in [-0.3, -0.25) is 10.1 Å². The van der Waals surface area contributed by atoms with E-state index in [0.717, 1.165) is 23.8 Å². The molecule has 0 aliphatic carbocycles. The maximum atomic E-state index is 12.5. The lowest BCUT2D eigenvalue weighted by molar-refractivity contribution is -0.117. The van der Waals surface area contributed by atoms with E-state index in [2.05, 4.69) is 25.7 Å². The fourth-order valence-electron chi connectivity index (χ4n) is 2.89. The predicted molar refractivity (Wildman–Crippen MR) is 116 cm³/mol. The number of aromatic nitrogens is 2. The highest BCUT2D eigenvalue weighted by atomic mass is 35.5. The van der Waals surface area contributed by atoms with Crippen LogP contribution in [0, 0.1) is 0 Å². The van der Waals surface area contributed by atoms with Gasteiger partial charge in [-0.2, -0.15) is 0 Å². The molecule has 156 valence electrons. The summed E-state index contributed by atoms with van der Waals surface area (Å²) < 4.78 is 0. The van der Waals surface area contributed by atoms with Gasteiger partial charge in [-0.05, 0) is 31.2 Å². The van der Waals surface area contributed by atoms with Crippen LogP contribution in [0.4, 0.5) is 15.6 Å². The van der Waals surface area contributed by atoms with E-state index in [0.29, 0.717) is 23.2 Å². The Morgan fingerprint density at radius 3 is 2.31 bits per heavy atom. The summed E-state index contributed by atoms with van der Waals surface area (Å²) in [5, 5.41) is 15.5. The first-order valence-corrected chi connectivity index (χ1v) is 10.7. The number of hydrogen-bond acceptors (Lipinski definition) is 6. The molecule has 1 aliphatic heterocycles. The summed E-state index contributed by atoms with van der Waals surface area (Å²) in [5.41, 5.74) is 1.08. The van der Waals surface area contributed by atoms with Crippen LogP contribution in [0.25, 0.3) is 0 Å². The van der Waals surface area contributed by atoms with Gasteiger partial charge in [-0.25, -0.2) is 4.79 Å². The molecule has 1 aromatic heterocycles. The molecule has 3 amide bonds. The number of halogens is 1. The fraction of sp³-hybridized carbons (Fsp3) is 0.474. The molecular formula is C19H25ClN6O2S.